The van der Waals surface area contributed by atoms with Crippen LogP contribution < -0.4 is 5.32 Å². The van der Waals surface area contributed by atoms with E-state index in [9.17, 15) is 4.79 Å². The number of nitrogens with one attached hydrogen (secondary N) is 1. The Kier molecular flexibility index (Phi) is 4.01. The van der Waals surface area contributed by atoms with E-state index in [2.05, 4.69) is 84.0 Å². The van der Waals surface area contributed by atoms with Crippen molar-refractivity contribution in [1.82, 2.24) is 4.90 Å². The van der Waals surface area contributed by atoms with Crippen LogP contribution in [0.3, 0.4) is 0 Å². The van der Waals surface area contributed by atoms with Crippen LogP contribution in [0.4, 0.5) is 5.69 Å². The molecule has 2 aliphatic heterocycles. The lowest BCUT2D eigenvalue weighted by Crippen LogP contribution is -2.57. The number of rotatable bonds is 1. The minimum atomic E-state index is -0.878. The monoisotopic (exact) mass is 462 g/mol. The first-order valence-corrected chi connectivity index (χ1v) is 12.0. The van der Waals surface area contributed by atoms with Crippen LogP contribution in [0.1, 0.15) is 28.2 Å². The van der Waals surface area contributed by atoms with E-state index >= 15 is 0 Å². The van der Waals surface area contributed by atoms with E-state index < -0.39 is 11.0 Å². The van der Waals surface area contributed by atoms with Crippen LogP contribution in [-0.4, -0.2) is 24.4 Å². The number of fused-ring (bicyclic) bond motifs is 8. The van der Waals surface area contributed by atoms with Gasteiger partial charge in [0.1, 0.15) is 5.54 Å². The fourth-order valence-corrected chi connectivity index (χ4v) is 7.32. The smallest absolute Gasteiger partial charge is 0.250 e. The predicted octanol–water partition coefficient (Wildman–Crippen LogP) is 6.18. The largest absolute Gasteiger partial charge is 0.324 e. The second kappa shape index (κ2) is 6.82. The molecule has 0 saturated carbocycles. The fraction of sp³-hybridized carbons (Fsp3) is 0.167. The zero-order chi connectivity index (χ0) is 23.1. The maximum absolute atomic E-state index is 14.3. The summed E-state index contributed by atoms with van der Waals surface area (Å²) in [7, 11) is 2.10. The van der Waals surface area contributed by atoms with Crippen LogP contribution in [0.5, 0.6) is 0 Å². The first-order valence-electron chi connectivity index (χ1n) is 11.7. The van der Waals surface area contributed by atoms with E-state index in [1.807, 2.05) is 30.3 Å². The lowest BCUT2D eigenvalue weighted by Gasteiger charge is -2.46. The topological polar surface area (TPSA) is 32.3 Å². The third-order valence-corrected chi connectivity index (χ3v) is 8.53. The Morgan fingerprint density at radius 3 is 2.00 bits per heavy atom. The van der Waals surface area contributed by atoms with Gasteiger partial charge in [-0.15, -0.1) is 0 Å². The lowest BCUT2D eigenvalue weighted by atomic mass is 9.56. The molecule has 0 radical (unpaired) electrons. The molecule has 0 unspecified atom stereocenters. The zero-order valence-electron chi connectivity index (χ0n) is 18.8. The van der Waals surface area contributed by atoms with Gasteiger partial charge >= 0.3 is 0 Å². The molecule has 1 fully saturated rings. The molecule has 0 bridgehead atoms. The van der Waals surface area contributed by atoms with Crippen molar-refractivity contribution in [3.63, 3.8) is 0 Å². The third kappa shape index (κ3) is 2.15. The molecule has 2 spiro atoms. The molecule has 1 saturated heterocycles. The van der Waals surface area contributed by atoms with Crippen molar-refractivity contribution in [1.29, 1.82) is 0 Å². The number of carbonyl (C=O) groups is 1. The number of hydrogen-bond acceptors (Lipinski definition) is 2. The number of benzene rings is 4. The Morgan fingerprint density at radius 2 is 1.35 bits per heavy atom. The van der Waals surface area contributed by atoms with E-state index in [1.54, 1.807) is 0 Å². The number of likely N-dealkylation sites (N-methyl/N-ethyl adjacent to an activating group) is 1. The zero-order valence-corrected chi connectivity index (χ0v) is 19.5. The molecule has 0 aromatic heterocycles. The molecule has 2 atom stereocenters. The first-order chi connectivity index (χ1) is 16.6. The predicted molar refractivity (Wildman–Crippen MR) is 136 cm³/mol. The van der Waals surface area contributed by atoms with Crippen molar-refractivity contribution in [2.75, 3.05) is 18.9 Å². The molecule has 4 aromatic rings. The van der Waals surface area contributed by atoms with Gasteiger partial charge in [0.2, 0.25) is 0 Å². The maximum Gasteiger partial charge on any atom is 0.250 e. The standard InChI is InChI=1S/C30H23ClN2O/c1-33-18-26(19-14-16-20(31)17-15-19)29(30(33)25-12-6-7-13-27(25)32-28(30)34)23-10-4-2-8-21(23)22-9-3-5-11-24(22)29/h2-17,26H,18H2,1H3,(H,32,34)/t26-,30+/m1/s1. The second-order valence-corrected chi connectivity index (χ2v) is 10.0. The number of hydrogen-bond donors (Lipinski definition) is 1. The molecule has 166 valence electrons. The second-order valence-electron chi connectivity index (χ2n) is 9.59. The van der Waals surface area contributed by atoms with Gasteiger partial charge in [-0.25, -0.2) is 0 Å². The molecule has 4 heteroatoms. The highest BCUT2D eigenvalue weighted by atomic mass is 35.5. The van der Waals surface area contributed by atoms with Crippen LogP contribution in [0.25, 0.3) is 11.1 Å². The Bertz CT molecular complexity index is 1430. The number of amides is 1. The minimum absolute atomic E-state index is 0.0409. The van der Waals surface area contributed by atoms with Crippen molar-refractivity contribution in [2.45, 2.75) is 16.9 Å². The van der Waals surface area contributed by atoms with Crippen molar-refractivity contribution >= 4 is 23.2 Å². The summed E-state index contributed by atoms with van der Waals surface area (Å²) in [6, 6.07) is 33.6. The fourth-order valence-electron chi connectivity index (χ4n) is 7.20. The minimum Gasteiger partial charge on any atom is -0.324 e. The highest BCUT2D eigenvalue weighted by Crippen LogP contribution is 2.69. The van der Waals surface area contributed by atoms with Gasteiger partial charge in [-0.05, 0) is 53.1 Å². The number of likely N-dealkylation sites (tertiary alicyclic amines) is 1. The quantitative estimate of drug-likeness (QED) is 0.366. The SMILES string of the molecule is CN1C[C@H](c2ccc(Cl)cc2)C2(c3ccccc3-c3ccccc32)[C@]12C(=O)Nc1ccccc12. The van der Waals surface area contributed by atoms with Gasteiger partial charge in [-0.1, -0.05) is 90.5 Å². The van der Waals surface area contributed by atoms with E-state index in [-0.39, 0.29) is 11.8 Å². The van der Waals surface area contributed by atoms with Gasteiger partial charge in [0.15, 0.2) is 0 Å². The summed E-state index contributed by atoms with van der Waals surface area (Å²) in [6.07, 6.45) is 0. The lowest BCUT2D eigenvalue weighted by molar-refractivity contribution is -0.127. The van der Waals surface area contributed by atoms with Crippen LogP contribution in [0.15, 0.2) is 97.1 Å². The van der Waals surface area contributed by atoms with Gasteiger partial charge in [0.05, 0.1) is 5.41 Å². The molecule has 2 heterocycles. The molecule has 1 amide bonds. The van der Waals surface area contributed by atoms with Crippen LogP contribution in [0, 0.1) is 0 Å². The van der Waals surface area contributed by atoms with Crippen LogP contribution >= 0.6 is 11.6 Å². The average Bonchev–Trinajstić information content (AvgIpc) is 3.44. The van der Waals surface area contributed by atoms with Gasteiger partial charge in [-0.2, -0.15) is 0 Å². The summed E-state index contributed by atoms with van der Waals surface area (Å²) in [5, 5.41) is 3.97. The molecule has 34 heavy (non-hydrogen) atoms. The highest BCUT2D eigenvalue weighted by Gasteiger charge is 2.73. The Labute approximate surface area is 204 Å². The van der Waals surface area contributed by atoms with E-state index in [0.29, 0.717) is 0 Å². The number of carbonyl (C=O) groups excluding carboxylic acids is 1. The van der Waals surface area contributed by atoms with E-state index in [0.717, 1.165) is 22.8 Å². The van der Waals surface area contributed by atoms with Crippen LogP contribution in [0.2, 0.25) is 5.02 Å². The highest BCUT2D eigenvalue weighted by molar-refractivity contribution is 6.30. The number of para-hydroxylation sites is 1. The van der Waals surface area contributed by atoms with Crippen molar-refractivity contribution in [2.24, 2.45) is 0 Å². The summed E-state index contributed by atoms with van der Waals surface area (Å²) >= 11 is 6.30. The van der Waals surface area contributed by atoms with Gasteiger partial charge in [-0.3, -0.25) is 9.69 Å². The van der Waals surface area contributed by atoms with Crippen molar-refractivity contribution < 1.29 is 4.79 Å². The molecular weight excluding hydrogens is 440 g/mol. The van der Waals surface area contributed by atoms with E-state index in [1.165, 1.54) is 27.8 Å². The Morgan fingerprint density at radius 1 is 0.794 bits per heavy atom. The molecule has 4 aromatic carbocycles. The molecule has 3 aliphatic rings. The third-order valence-electron chi connectivity index (χ3n) is 8.28. The average molecular weight is 463 g/mol. The van der Waals surface area contributed by atoms with Crippen molar-refractivity contribution in [3.05, 3.63) is 124 Å². The first kappa shape index (κ1) is 20.0. The summed E-state index contributed by atoms with van der Waals surface area (Å²) in [5.74, 6) is 0.0932. The summed E-state index contributed by atoms with van der Waals surface area (Å²) in [6.45, 7) is 0.742. The Hall–Kier alpha value is -3.40. The van der Waals surface area contributed by atoms with Gasteiger partial charge in [0.25, 0.3) is 5.91 Å². The van der Waals surface area contributed by atoms with E-state index in [4.69, 9.17) is 11.6 Å². The molecular formula is C30H23ClN2O. The summed E-state index contributed by atoms with van der Waals surface area (Å²) in [4.78, 5) is 16.6. The van der Waals surface area contributed by atoms with Gasteiger partial charge < -0.3 is 5.32 Å². The van der Waals surface area contributed by atoms with Gasteiger partial charge in [0, 0.05) is 28.7 Å². The summed E-state index contributed by atoms with van der Waals surface area (Å²) in [5.41, 5.74) is 6.52. The van der Waals surface area contributed by atoms with Crippen LogP contribution in [-0.2, 0) is 15.7 Å². The number of nitrogens with zero attached hydrogens (tertiary/aromatic N) is 1. The molecule has 3 nitrogen and oxygen atoms in total. The number of halogens is 1. The van der Waals surface area contributed by atoms with Crippen molar-refractivity contribution in [3.8, 4) is 11.1 Å². The molecule has 7 rings (SSSR count). The summed E-state index contributed by atoms with van der Waals surface area (Å²) < 4.78 is 0. The molecule has 1 aliphatic carbocycles. The Balaban J connectivity index is 1.67. The molecule has 1 N–H and O–H groups in total. The number of anilines is 1. The normalized spacial score (nSPS) is 23.7. The maximum atomic E-state index is 14.3.